The fourth-order valence-electron chi connectivity index (χ4n) is 3.98. The molecule has 2 heterocycles. The summed E-state index contributed by atoms with van der Waals surface area (Å²) in [6.07, 6.45) is 0.731. The van der Waals surface area contributed by atoms with Crippen LogP contribution in [0.1, 0.15) is 17.5 Å². The molecule has 2 aliphatic rings. The predicted molar refractivity (Wildman–Crippen MR) is 123 cm³/mol. The molecule has 1 saturated heterocycles. The van der Waals surface area contributed by atoms with Crippen LogP contribution in [0.2, 0.25) is 0 Å². The molecule has 4 rings (SSSR count). The van der Waals surface area contributed by atoms with Crippen LogP contribution in [-0.2, 0) is 14.3 Å². The second kappa shape index (κ2) is 9.97. The summed E-state index contributed by atoms with van der Waals surface area (Å²) in [5, 5.41) is 3.19. The number of carbonyl (C=O) groups excluding carboxylic acids is 2. The van der Waals surface area contributed by atoms with Gasteiger partial charge in [0.25, 0.3) is 11.8 Å². The first-order valence-electron chi connectivity index (χ1n) is 11.0. The van der Waals surface area contributed by atoms with Crippen molar-refractivity contribution in [3.05, 3.63) is 65.4 Å². The van der Waals surface area contributed by atoms with Crippen LogP contribution in [0.3, 0.4) is 0 Å². The minimum atomic E-state index is -0.289. The molecule has 7 heteroatoms. The molecule has 1 fully saturated rings. The zero-order valence-corrected chi connectivity index (χ0v) is 18.6. The number of methoxy groups -OCH3 is 1. The summed E-state index contributed by atoms with van der Waals surface area (Å²) in [6.45, 7) is 6.46. The molecule has 7 nitrogen and oxygen atoms in total. The van der Waals surface area contributed by atoms with Gasteiger partial charge in [0.2, 0.25) is 0 Å². The van der Waals surface area contributed by atoms with Crippen LogP contribution in [0.5, 0.6) is 5.75 Å². The van der Waals surface area contributed by atoms with Gasteiger partial charge in [-0.3, -0.25) is 19.4 Å². The molecule has 1 N–H and O–H groups in total. The Hall–Kier alpha value is -3.16. The van der Waals surface area contributed by atoms with E-state index in [2.05, 4.69) is 10.2 Å². The number of imide groups is 1. The highest BCUT2D eigenvalue weighted by Gasteiger charge is 2.38. The molecule has 0 aliphatic carbocycles. The van der Waals surface area contributed by atoms with Gasteiger partial charge in [-0.1, -0.05) is 29.8 Å². The number of benzene rings is 2. The highest BCUT2D eigenvalue weighted by atomic mass is 16.5. The maximum atomic E-state index is 13.3. The molecule has 0 saturated carbocycles. The van der Waals surface area contributed by atoms with E-state index >= 15 is 0 Å². The Morgan fingerprint density at radius 2 is 1.62 bits per heavy atom. The number of rotatable bonds is 8. The van der Waals surface area contributed by atoms with Crippen LogP contribution in [0.4, 0.5) is 5.69 Å². The molecule has 2 aromatic rings. The zero-order valence-electron chi connectivity index (χ0n) is 18.6. The van der Waals surface area contributed by atoms with Crippen LogP contribution >= 0.6 is 0 Å². The summed E-state index contributed by atoms with van der Waals surface area (Å²) in [7, 11) is 1.61. The second-order valence-corrected chi connectivity index (χ2v) is 8.04. The molecule has 2 aromatic carbocycles. The molecule has 0 radical (unpaired) electrons. The molecule has 0 unspecified atom stereocenters. The SMILES string of the molecule is COc1ccc(NC2=C(c3ccc(C)cc3)C(=O)N(CCCN3CCOCC3)C2=O)cc1. The van der Waals surface area contributed by atoms with E-state index in [-0.39, 0.29) is 11.8 Å². The van der Waals surface area contributed by atoms with Crippen molar-refractivity contribution in [2.75, 3.05) is 51.8 Å². The van der Waals surface area contributed by atoms with Crippen molar-refractivity contribution >= 4 is 23.1 Å². The van der Waals surface area contributed by atoms with Gasteiger partial charge in [-0.25, -0.2) is 0 Å². The van der Waals surface area contributed by atoms with Crippen molar-refractivity contribution in [2.24, 2.45) is 0 Å². The van der Waals surface area contributed by atoms with Gasteiger partial charge in [0.15, 0.2) is 0 Å². The van der Waals surface area contributed by atoms with Crippen LogP contribution in [-0.4, -0.2) is 68.1 Å². The number of anilines is 1. The lowest BCUT2D eigenvalue weighted by molar-refractivity contribution is -0.136. The number of amides is 2. The zero-order chi connectivity index (χ0) is 22.5. The highest BCUT2D eigenvalue weighted by molar-refractivity contribution is 6.36. The van der Waals surface area contributed by atoms with E-state index in [0.29, 0.717) is 17.8 Å². The molecule has 0 aromatic heterocycles. The Morgan fingerprint density at radius 3 is 2.28 bits per heavy atom. The number of nitrogens with one attached hydrogen (secondary N) is 1. The summed E-state index contributed by atoms with van der Waals surface area (Å²) in [5.41, 5.74) is 3.29. The fourth-order valence-corrected chi connectivity index (χ4v) is 3.98. The molecule has 32 heavy (non-hydrogen) atoms. The number of aryl methyl sites for hydroxylation is 1. The number of hydrogen-bond acceptors (Lipinski definition) is 6. The molecule has 2 amide bonds. The smallest absolute Gasteiger partial charge is 0.278 e. The van der Waals surface area contributed by atoms with Gasteiger partial charge < -0.3 is 14.8 Å². The fraction of sp³-hybridized carbons (Fsp3) is 0.360. The van der Waals surface area contributed by atoms with E-state index in [1.165, 1.54) is 4.90 Å². The van der Waals surface area contributed by atoms with Crippen molar-refractivity contribution in [3.63, 3.8) is 0 Å². The van der Waals surface area contributed by atoms with Crippen LogP contribution in [0.25, 0.3) is 5.57 Å². The van der Waals surface area contributed by atoms with E-state index in [4.69, 9.17) is 9.47 Å². The van der Waals surface area contributed by atoms with Crippen LogP contribution in [0, 0.1) is 6.92 Å². The van der Waals surface area contributed by atoms with E-state index in [1.807, 2.05) is 55.5 Å². The summed E-state index contributed by atoms with van der Waals surface area (Å²) in [4.78, 5) is 30.3. The average molecular weight is 436 g/mol. The molecule has 0 atom stereocenters. The molecule has 2 aliphatic heterocycles. The van der Waals surface area contributed by atoms with E-state index in [1.54, 1.807) is 7.11 Å². The molecule has 0 bridgehead atoms. The van der Waals surface area contributed by atoms with Gasteiger partial charge in [-0.15, -0.1) is 0 Å². The molecular formula is C25H29N3O4. The van der Waals surface area contributed by atoms with E-state index in [9.17, 15) is 9.59 Å². The van der Waals surface area contributed by atoms with Crippen molar-refractivity contribution < 1.29 is 19.1 Å². The summed E-state index contributed by atoms with van der Waals surface area (Å²) in [6, 6.07) is 15.0. The Bertz CT molecular complexity index is 993. The Balaban J connectivity index is 1.55. The third kappa shape index (κ3) is 4.84. The second-order valence-electron chi connectivity index (χ2n) is 8.04. The first-order valence-corrected chi connectivity index (χ1v) is 11.0. The van der Waals surface area contributed by atoms with Gasteiger partial charge in [-0.05, 0) is 43.2 Å². The Kier molecular flexibility index (Phi) is 6.87. The van der Waals surface area contributed by atoms with Gasteiger partial charge in [0, 0.05) is 31.9 Å². The third-order valence-corrected chi connectivity index (χ3v) is 5.83. The van der Waals surface area contributed by atoms with Crippen LogP contribution in [0.15, 0.2) is 54.2 Å². The molecule has 168 valence electrons. The first kappa shape index (κ1) is 22.0. The number of hydrogen-bond donors (Lipinski definition) is 1. The van der Waals surface area contributed by atoms with Gasteiger partial charge >= 0.3 is 0 Å². The first-order chi connectivity index (χ1) is 15.6. The topological polar surface area (TPSA) is 71.1 Å². The lowest BCUT2D eigenvalue weighted by Gasteiger charge is -2.27. The predicted octanol–water partition coefficient (Wildman–Crippen LogP) is 2.92. The maximum Gasteiger partial charge on any atom is 0.278 e. The van der Waals surface area contributed by atoms with Gasteiger partial charge in [0.05, 0.1) is 25.9 Å². The quantitative estimate of drug-likeness (QED) is 0.643. The number of carbonyl (C=O) groups is 2. The van der Waals surface area contributed by atoms with Gasteiger partial charge in [-0.2, -0.15) is 0 Å². The summed E-state index contributed by atoms with van der Waals surface area (Å²) >= 11 is 0. The van der Waals surface area contributed by atoms with E-state index < -0.39 is 0 Å². The van der Waals surface area contributed by atoms with Crippen molar-refractivity contribution in [1.29, 1.82) is 0 Å². The number of morpholine rings is 1. The standard InChI is InChI=1S/C25H29N3O4/c1-18-4-6-19(7-5-18)22-23(26-20-8-10-21(31-2)11-9-20)25(30)28(24(22)29)13-3-12-27-14-16-32-17-15-27/h4-11,26H,3,12-17H2,1-2H3. The van der Waals surface area contributed by atoms with Crippen molar-refractivity contribution in [2.45, 2.75) is 13.3 Å². The highest BCUT2D eigenvalue weighted by Crippen LogP contribution is 2.31. The lowest BCUT2D eigenvalue weighted by atomic mass is 10.0. The molecule has 0 spiro atoms. The van der Waals surface area contributed by atoms with Crippen molar-refractivity contribution in [1.82, 2.24) is 9.80 Å². The molecular weight excluding hydrogens is 406 g/mol. The minimum absolute atomic E-state index is 0.253. The lowest BCUT2D eigenvalue weighted by Crippen LogP contribution is -2.39. The average Bonchev–Trinajstić information content (AvgIpc) is 3.05. The normalized spacial score (nSPS) is 17.2. The largest absolute Gasteiger partial charge is 0.497 e. The van der Waals surface area contributed by atoms with Crippen LogP contribution < -0.4 is 10.1 Å². The number of ether oxygens (including phenoxy) is 2. The van der Waals surface area contributed by atoms with Gasteiger partial charge in [0.1, 0.15) is 11.4 Å². The van der Waals surface area contributed by atoms with Crippen molar-refractivity contribution in [3.8, 4) is 5.75 Å². The maximum absolute atomic E-state index is 13.3. The number of nitrogens with zero attached hydrogens (tertiary/aromatic N) is 2. The third-order valence-electron chi connectivity index (χ3n) is 5.83. The van der Waals surface area contributed by atoms with E-state index in [0.717, 1.165) is 61.8 Å². The summed E-state index contributed by atoms with van der Waals surface area (Å²) < 4.78 is 10.6. The minimum Gasteiger partial charge on any atom is -0.497 e. The monoisotopic (exact) mass is 435 g/mol. The summed E-state index contributed by atoms with van der Waals surface area (Å²) in [5.74, 6) is 0.182. The Morgan fingerprint density at radius 1 is 0.938 bits per heavy atom. The Labute approximate surface area is 188 Å².